The Balaban J connectivity index is 1.47. The van der Waals surface area contributed by atoms with E-state index in [-0.39, 0.29) is 35.1 Å². The zero-order chi connectivity index (χ0) is 22.4. The van der Waals surface area contributed by atoms with Crippen LogP contribution in [-0.2, 0) is 20.9 Å². The third-order valence-electron chi connectivity index (χ3n) is 5.41. The second-order valence-corrected chi connectivity index (χ2v) is 10.4. The molecule has 8 nitrogen and oxygen atoms in total. The highest BCUT2D eigenvalue weighted by Gasteiger charge is 2.53. The van der Waals surface area contributed by atoms with Gasteiger partial charge in [0.15, 0.2) is 0 Å². The molecular formula is C21H17N3O5S3. The number of thioether (sulfide) groups is 1. The highest BCUT2D eigenvalue weighted by Crippen LogP contribution is 2.52. The number of ether oxygens (including phenoxy) is 1. The smallest absolute Gasteiger partial charge is 0.308 e. The molecule has 2 aliphatic rings. The molecule has 2 aromatic heterocycles. The van der Waals surface area contributed by atoms with Crippen LogP contribution < -0.4 is 20.2 Å². The lowest BCUT2D eigenvalue weighted by Gasteiger charge is -2.29. The van der Waals surface area contributed by atoms with Gasteiger partial charge in [-0.05, 0) is 35.7 Å². The van der Waals surface area contributed by atoms with Crippen molar-refractivity contribution in [2.24, 2.45) is 5.92 Å². The normalized spacial score (nSPS) is 21.6. The van der Waals surface area contributed by atoms with Crippen LogP contribution in [0.15, 0.2) is 51.6 Å². The van der Waals surface area contributed by atoms with E-state index in [0.29, 0.717) is 16.5 Å². The summed E-state index contributed by atoms with van der Waals surface area (Å²) in [7, 11) is 1.56. The van der Waals surface area contributed by atoms with Gasteiger partial charge in [0.05, 0.1) is 18.1 Å². The Morgan fingerprint density at radius 3 is 2.62 bits per heavy atom. The molecule has 4 heterocycles. The minimum absolute atomic E-state index is 0.187. The quantitative estimate of drug-likeness (QED) is 0.536. The van der Waals surface area contributed by atoms with Gasteiger partial charge < -0.3 is 10.1 Å². The first-order valence-electron chi connectivity index (χ1n) is 9.68. The number of hydrogen-bond acceptors (Lipinski definition) is 8. The molecule has 0 aliphatic carbocycles. The summed E-state index contributed by atoms with van der Waals surface area (Å²) in [5.74, 6) is -1.32. The molecule has 1 fully saturated rings. The molecule has 1 saturated heterocycles. The first-order valence-corrected chi connectivity index (χ1v) is 12.3. The van der Waals surface area contributed by atoms with Crippen molar-refractivity contribution in [3.8, 4) is 5.75 Å². The van der Waals surface area contributed by atoms with Gasteiger partial charge >= 0.3 is 4.87 Å². The SMILES string of the molecule is COc1ccc(NC(=O)Cn2c3c(sc2=O)[C@@H](c2cccs2)[C@H]2C(=O)NC(=O)[C@H]2S3)cc1. The van der Waals surface area contributed by atoms with E-state index in [4.69, 9.17) is 4.74 Å². The Kier molecular flexibility index (Phi) is 5.39. The van der Waals surface area contributed by atoms with Gasteiger partial charge in [-0.1, -0.05) is 29.2 Å². The first-order chi connectivity index (χ1) is 15.5. The van der Waals surface area contributed by atoms with Crippen molar-refractivity contribution in [3.63, 3.8) is 0 Å². The number of benzene rings is 1. The zero-order valence-electron chi connectivity index (χ0n) is 16.7. The number of methoxy groups -OCH3 is 1. The van der Waals surface area contributed by atoms with Crippen LogP contribution in [0, 0.1) is 5.92 Å². The number of imide groups is 1. The van der Waals surface area contributed by atoms with Crippen LogP contribution in [0.1, 0.15) is 15.7 Å². The number of rotatable bonds is 5. The number of amides is 3. The molecule has 0 spiro atoms. The summed E-state index contributed by atoms with van der Waals surface area (Å²) >= 11 is 3.71. The van der Waals surface area contributed by atoms with Crippen molar-refractivity contribution in [3.05, 3.63) is 61.2 Å². The monoisotopic (exact) mass is 487 g/mol. The summed E-state index contributed by atoms with van der Waals surface area (Å²) < 4.78 is 6.51. The third kappa shape index (κ3) is 3.55. The van der Waals surface area contributed by atoms with Crippen LogP contribution in [-0.4, -0.2) is 34.6 Å². The van der Waals surface area contributed by atoms with Gasteiger partial charge in [0, 0.05) is 21.4 Å². The lowest BCUT2D eigenvalue weighted by atomic mass is 9.87. The molecule has 0 unspecified atom stereocenters. The van der Waals surface area contributed by atoms with E-state index >= 15 is 0 Å². The molecular weight excluding hydrogens is 470 g/mol. The molecule has 32 heavy (non-hydrogen) atoms. The summed E-state index contributed by atoms with van der Waals surface area (Å²) in [6.07, 6.45) is 0. The molecule has 0 radical (unpaired) electrons. The van der Waals surface area contributed by atoms with Crippen molar-refractivity contribution < 1.29 is 19.1 Å². The summed E-state index contributed by atoms with van der Waals surface area (Å²) in [6, 6.07) is 10.7. The first kappa shape index (κ1) is 21.0. The van der Waals surface area contributed by atoms with E-state index in [1.54, 1.807) is 31.4 Å². The second kappa shape index (κ2) is 8.23. The minimum atomic E-state index is -0.632. The minimum Gasteiger partial charge on any atom is -0.497 e. The maximum Gasteiger partial charge on any atom is 0.308 e. The lowest BCUT2D eigenvalue weighted by molar-refractivity contribution is -0.126. The maximum absolute atomic E-state index is 12.9. The number of anilines is 1. The summed E-state index contributed by atoms with van der Waals surface area (Å²) in [4.78, 5) is 51.9. The van der Waals surface area contributed by atoms with Crippen LogP contribution >= 0.6 is 34.4 Å². The summed E-state index contributed by atoms with van der Waals surface area (Å²) in [6.45, 7) is -0.187. The van der Waals surface area contributed by atoms with E-state index in [9.17, 15) is 19.2 Å². The van der Waals surface area contributed by atoms with Gasteiger partial charge in [-0.3, -0.25) is 29.1 Å². The molecule has 0 bridgehead atoms. The molecule has 164 valence electrons. The van der Waals surface area contributed by atoms with Crippen molar-refractivity contribution in [2.75, 3.05) is 12.4 Å². The van der Waals surface area contributed by atoms with E-state index in [2.05, 4.69) is 10.6 Å². The lowest BCUT2D eigenvalue weighted by Crippen LogP contribution is -2.32. The van der Waals surface area contributed by atoms with E-state index in [1.165, 1.54) is 27.7 Å². The van der Waals surface area contributed by atoms with Crippen LogP contribution in [0.5, 0.6) is 5.75 Å². The van der Waals surface area contributed by atoms with E-state index in [0.717, 1.165) is 21.1 Å². The predicted molar refractivity (Wildman–Crippen MR) is 123 cm³/mol. The van der Waals surface area contributed by atoms with Crippen molar-refractivity contribution in [1.29, 1.82) is 0 Å². The molecule has 0 saturated carbocycles. The Labute approximate surface area is 194 Å². The average molecular weight is 488 g/mol. The molecule has 1 aromatic carbocycles. The molecule has 5 rings (SSSR count). The Morgan fingerprint density at radius 1 is 1.16 bits per heavy atom. The number of aromatic nitrogens is 1. The molecule has 3 atom stereocenters. The molecule has 2 aliphatic heterocycles. The fourth-order valence-electron chi connectivity index (χ4n) is 3.97. The van der Waals surface area contributed by atoms with Crippen LogP contribution in [0.3, 0.4) is 0 Å². The molecule has 3 aromatic rings. The number of fused-ring (bicyclic) bond motifs is 2. The fraction of sp³-hybridized carbons (Fsp3) is 0.238. The van der Waals surface area contributed by atoms with Crippen molar-refractivity contribution in [1.82, 2.24) is 9.88 Å². The van der Waals surface area contributed by atoms with Crippen LogP contribution in [0.4, 0.5) is 5.69 Å². The number of thiophene rings is 1. The van der Waals surface area contributed by atoms with Crippen molar-refractivity contribution in [2.45, 2.75) is 22.7 Å². The summed E-state index contributed by atoms with van der Waals surface area (Å²) in [5.41, 5.74) is 0.581. The maximum atomic E-state index is 12.9. The highest BCUT2D eigenvalue weighted by atomic mass is 32.2. The predicted octanol–water partition coefficient (Wildman–Crippen LogP) is 2.50. The van der Waals surface area contributed by atoms with E-state index in [1.807, 2.05) is 17.5 Å². The Bertz CT molecular complexity index is 1260. The number of thiazole rings is 1. The zero-order valence-corrected chi connectivity index (χ0v) is 19.1. The van der Waals surface area contributed by atoms with Gasteiger partial charge in [-0.25, -0.2) is 0 Å². The van der Waals surface area contributed by atoms with Gasteiger partial charge in [-0.2, -0.15) is 0 Å². The molecule has 2 N–H and O–H groups in total. The number of carbonyl (C=O) groups is 3. The number of carbonyl (C=O) groups excluding carboxylic acids is 3. The number of nitrogens with one attached hydrogen (secondary N) is 2. The number of nitrogens with zero attached hydrogens (tertiary/aromatic N) is 1. The van der Waals surface area contributed by atoms with Crippen molar-refractivity contribution >= 4 is 57.8 Å². The Hall–Kier alpha value is -2.89. The third-order valence-corrected chi connectivity index (χ3v) is 8.98. The van der Waals surface area contributed by atoms with Gasteiger partial charge in [-0.15, -0.1) is 11.3 Å². The van der Waals surface area contributed by atoms with Crippen LogP contribution in [0.2, 0.25) is 0 Å². The fourth-order valence-corrected chi connectivity index (χ4v) is 7.66. The molecule has 3 amide bonds. The topological polar surface area (TPSA) is 106 Å². The largest absolute Gasteiger partial charge is 0.497 e. The van der Waals surface area contributed by atoms with Gasteiger partial charge in [0.1, 0.15) is 17.5 Å². The Morgan fingerprint density at radius 2 is 1.94 bits per heavy atom. The standard InChI is InChI=1S/C21H17N3O5S3/c1-29-11-6-4-10(5-7-11)22-13(25)9-24-20-17(32-21(24)28)14(12-3-2-8-30-12)15-16(31-20)19(27)23-18(15)26/h2-8,14-16H,9H2,1H3,(H,22,25)(H,23,26,27)/t14-,15+,16-/m0/s1. The highest BCUT2D eigenvalue weighted by molar-refractivity contribution is 8.00. The number of hydrogen-bond donors (Lipinski definition) is 2. The van der Waals surface area contributed by atoms with Gasteiger partial charge in [0.2, 0.25) is 17.7 Å². The van der Waals surface area contributed by atoms with Crippen LogP contribution in [0.25, 0.3) is 0 Å². The molecule has 11 heteroatoms. The summed E-state index contributed by atoms with van der Waals surface area (Å²) in [5, 5.41) is 7.05. The second-order valence-electron chi connectivity index (χ2n) is 7.31. The van der Waals surface area contributed by atoms with E-state index < -0.39 is 11.2 Å². The van der Waals surface area contributed by atoms with Gasteiger partial charge in [0.25, 0.3) is 0 Å². The average Bonchev–Trinajstić information content (AvgIpc) is 3.48.